The molecule has 0 aromatic carbocycles. The zero-order valence-corrected chi connectivity index (χ0v) is 10.1. The second-order valence-electron chi connectivity index (χ2n) is 4.35. The second kappa shape index (κ2) is 5.65. The number of hydrogen-bond donors (Lipinski definition) is 2. The van der Waals surface area contributed by atoms with Crippen LogP contribution in [0.3, 0.4) is 0 Å². The van der Waals surface area contributed by atoms with Crippen molar-refractivity contribution in [2.24, 2.45) is 13.0 Å². The second-order valence-corrected chi connectivity index (χ2v) is 4.35. The largest absolute Gasteiger partial charge is 0.394 e. The Morgan fingerprint density at radius 1 is 1.56 bits per heavy atom. The Morgan fingerprint density at radius 2 is 2.25 bits per heavy atom. The molecule has 5 nitrogen and oxygen atoms in total. The van der Waals surface area contributed by atoms with Crippen LogP contribution in [0.5, 0.6) is 0 Å². The molecule has 0 saturated carbocycles. The van der Waals surface area contributed by atoms with Crippen molar-refractivity contribution in [3.05, 3.63) is 18.7 Å². The molecule has 0 aliphatic heterocycles. The van der Waals surface area contributed by atoms with Crippen LogP contribution >= 0.6 is 0 Å². The summed E-state index contributed by atoms with van der Waals surface area (Å²) in [4.78, 5) is 11.6. The summed E-state index contributed by atoms with van der Waals surface area (Å²) in [5.74, 6) is 0.152. The maximum absolute atomic E-state index is 11.6. The van der Waals surface area contributed by atoms with Crippen LogP contribution in [0.2, 0.25) is 0 Å². The van der Waals surface area contributed by atoms with Crippen LogP contribution in [0.15, 0.2) is 18.7 Å². The zero-order valence-electron chi connectivity index (χ0n) is 10.1. The Balaban J connectivity index is 2.47. The quantitative estimate of drug-likeness (QED) is 0.662. The van der Waals surface area contributed by atoms with Crippen molar-refractivity contribution in [2.75, 3.05) is 6.61 Å². The summed E-state index contributed by atoms with van der Waals surface area (Å²) in [5.41, 5.74) is 0. The standard InChI is InChI=1S/C11H19N3O2/c1-9(2)10(7-15)12-11(16)6-14-5-4-13(3)8-14/h4-5,8-10,15H,6-7H2,1-3H3/p+1/t10-/m1/s1. The number of aryl methyl sites for hydroxylation is 1. The molecular weight excluding hydrogens is 206 g/mol. The van der Waals surface area contributed by atoms with E-state index in [1.165, 1.54) is 0 Å². The minimum absolute atomic E-state index is 0.0249. The van der Waals surface area contributed by atoms with Gasteiger partial charge in [-0.1, -0.05) is 13.8 Å². The van der Waals surface area contributed by atoms with E-state index in [9.17, 15) is 4.79 Å². The highest BCUT2D eigenvalue weighted by Gasteiger charge is 2.16. The minimum Gasteiger partial charge on any atom is -0.394 e. The fraction of sp³-hybridized carbons (Fsp3) is 0.636. The topological polar surface area (TPSA) is 58.1 Å². The van der Waals surface area contributed by atoms with Crippen molar-refractivity contribution in [1.82, 2.24) is 9.88 Å². The van der Waals surface area contributed by atoms with E-state index in [0.717, 1.165) is 0 Å². The number of aromatic nitrogens is 2. The zero-order chi connectivity index (χ0) is 12.1. The molecular formula is C11H20N3O2+. The predicted octanol–water partition coefficient (Wildman–Crippen LogP) is -0.554. The first-order valence-electron chi connectivity index (χ1n) is 5.44. The Morgan fingerprint density at radius 3 is 2.69 bits per heavy atom. The molecule has 1 aromatic rings. The van der Waals surface area contributed by atoms with Gasteiger partial charge in [-0.05, 0) is 5.92 Å². The van der Waals surface area contributed by atoms with Gasteiger partial charge in [0, 0.05) is 0 Å². The molecule has 90 valence electrons. The minimum atomic E-state index is -0.170. The number of amides is 1. The summed E-state index contributed by atoms with van der Waals surface area (Å²) in [6.45, 7) is 4.20. The fourth-order valence-corrected chi connectivity index (χ4v) is 1.44. The third-order valence-electron chi connectivity index (χ3n) is 2.50. The van der Waals surface area contributed by atoms with Gasteiger partial charge in [0.1, 0.15) is 12.4 Å². The fourth-order valence-electron chi connectivity index (χ4n) is 1.44. The van der Waals surface area contributed by atoms with Gasteiger partial charge in [0.15, 0.2) is 6.54 Å². The Kier molecular flexibility index (Phi) is 4.49. The first-order valence-corrected chi connectivity index (χ1v) is 5.44. The third kappa shape index (κ3) is 3.66. The van der Waals surface area contributed by atoms with Crippen LogP contribution in [0.1, 0.15) is 13.8 Å². The molecule has 0 radical (unpaired) electrons. The number of carbonyl (C=O) groups is 1. The van der Waals surface area contributed by atoms with Gasteiger partial charge in [-0.2, -0.15) is 0 Å². The average Bonchev–Trinajstić information content (AvgIpc) is 2.60. The number of rotatable bonds is 5. The lowest BCUT2D eigenvalue weighted by atomic mass is 10.1. The van der Waals surface area contributed by atoms with Gasteiger partial charge in [0.05, 0.1) is 19.7 Å². The van der Waals surface area contributed by atoms with Crippen molar-refractivity contribution in [3.63, 3.8) is 0 Å². The summed E-state index contributed by atoms with van der Waals surface area (Å²) in [7, 11) is 1.90. The molecule has 0 unspecified atom stereocenters. The van der Waals surface area contributed by atoms with Gasteiger partial charge in [-0.15, -0.1) is 0 Å². The van der Waals surface area contributed by atoms with Gasteiger partial charge in [-0.3, -0.25) is 4.79 Å². The van der Waals surface area contributed by atoms with Crippen molar-refractivity contribution in [2.45, 2.75) is 26.4 Å². The van der Waals surface area contributed by atoms with E-state index in [4.69, 9.17) is 5.11 Å². The molecule has 0 aliphatic carbocycles. The van der Waals surface area contributed by atoms with Crippen LogP contribution in [0, 0.1) is 5.92 Å². The third-order valence-corrected chi connectivity index (χ3v) is 2.50. The predicted molar refractivity (Wildman–Crippen MR) is 59.5 cm³/mol. The number of nitrogens with one attached hydrogen (secondary N) is 1. The molecule has 0 bridgehead atoms. The van der Waals surface area contributed by atoms with Crippen molar-refractivity contribution >= 4 is 5.91 Å². The van der Waals surface area contributed by atoms with Gasteiger partial charge in [0.2, 0.25) is 6.33 Å². The lowest BCUT2D eigenvalue weighted by Crippen LogP contribution is -2.42. The molecule has 1 atom stereocenters. The molecule has 0 aliphatic rings. The summed E-state index contributed by atoms with van der Waals surface area (Å²) in [6, 6.07) is -0.170. The average molecular weight is 226 g/mol. The molecule has 1 amide bonds. The lowest BCUT2D eigenvalue weighted by Gasteiger charge is -2.19. The van der Waals surface area contributed by atoms with Crippen LogP contribution in [0.25, 0.3) is 0 Å². The van der Waals surface area contributed by atoms with Crippen LogP contribution in [-0.2, 0) is 18.4 Å². The van der Waals surface area contributed by atoms with Crippen molar-refractivity contribution in [1.29, 1.82) is 0 Å². The van der Waals surface area contributed by atoms with Gasteiger partial charge < -0.3 is 10.4 Å². The van der Waals surface area contributed by atoms with E-state index in [1.807, 2.05) is 44.2 Å². The summed E-state index contributed by atoms with van der Waals surface area (Å²) in [5, 5.41) is 11.9. The maximum atomic E-state index is 11.6. The summed E-state index contributed by atoms with van der Waals surface area (Å²) >= 11 is 0. The monoisotopic (exact) mass is 226 g/mol. The summed E-state index contributed by atoms with van der Waals surface area (Å²) in [6.07, 6.45) is 5.55. The summed E-state index contributed by atoms with van der Waals surface area (Å²) < 4.78 is 3.67. The number of imidazole rings is 1. The molecule has 16 heavy (non-hydrogen) atoms. The highest BCUT2D eigenvalue weighted by Crippen LogP contribution is 2.00. The number of aliphatic hydroxyl groups is 1. The molecule has 1 aromatic heterocycles. The lowest BCUT2D eigenvalue weighted by molar-refractivity contribution is -0.671. The van der Waals surface area contributed by atoms with Crippen LogP contribution in [0.4, 0.5) is 0 Å². The Hall–Kier alpha value is -1.36. The van der Waals surface area contributed by atoms with E-state index in [1.54, 1.807) is 4.57 Å². The normalized spacial score (nSPS) is 12.8. The van der Waals surface area contributed by atoms with Crippen molar-refractivity contribution < 1.29 is 14.5 Å². The Labute approximate surface area is 95.7 Å². The van der Waals surface area contributed by atoms with Crippen LogP contribution in [-0.4, -0.2) is 28.2 Å². The highest BCUT2D eigenvalue weighted by molar-refractivity contribution is 5.76. The first kappa shape index (κ1) is 12.7. The number of aliphatic hydroxyl groups excluding tert-OH is 1. The van der Waals surface area contributed by atoms with E-state index in [2.05, 4.69) is 5.32 Å². The number of carbonyl (C=O) groups excluding carboxylic acids is 1. The first-order chi connectivity index (χ1) is 7.52. The van der Waals surface area contributed by atoms with E-state index in [-0.39, 0.29) is 31.0 Å². The van der Waals surface area contributed by atoms with Gasteiger partial charge in [0.25, 0.3) is 5.91 Å². The van der Waals surface area contributed by atoms with Gasteiger partial charge >= 0.3 is 0 Å². The molecule has 1 rings (SSSR count). The molecule has 1 heterocycles. The number of nitrogens with zero attached hydrogens (tertiary/aromatic N) is 2. The Bertz CT molecular complexity index is 347. The molecule has 0 fully saturated rings. The SMILES string of the molecule is CC(C)[C@@H](CO)NC(=O)Cn1cc[n+](C)c1. The highest BCUT2D eigenvalue weighted by atomic mass is 16.3. The van der Waals surface area contributed by atoms with E-state index < -0.39 is 0 Å². The molecule has 2 N–H and O–H groups in total. The van der Waals surface area contributed by atoms with Gasteiger partial charge in [-0.25, -0.2) is 9.13 Å². The van der Waals surface area contributed by atoms with Crippen molar-refractivity contribution in [3.8, 4) is 0 Å². The molecule has 5 heteroatoms. The maximum Gasteiger partial charge on any atom is 0.262 e. The smallest absolute Gasteiger partial charge is 0.262 e. The van der Waals surface area contributed by atoms with E-state index >= 15 is 0 Å². The van der Waals surface area contributed by atoms with E-state index in [0.29, 0.717) is 0 Å². The molecule has 0 spiro atoms. The molecule has 0 saturated heterocycles. The number of hydrogen-bond acceptors (Lipinski definition) is 2. The van der Waals surface area contributed by atoms with Crippen LogP contribution < -0.4 is 9.88 Å².